The number of carbonyl (C=O) groups is 1. The smallest absolute Gasteiger partial charge is 0.312 e. The van der Waals surface area contributed by atoms with Gasteiger partial charge < -0.3 is 11.1 Å². The normalized spacial score (nSPS) is 26.7. The van der Waals surface area contributed by atoms with Gasteiger partial charge in [-0.2, -0.15) is 0 Å². The molecular weight excluding hydrogens is 226 g/mol. The molecule has 98 valence electrons. The van der Waals surface area contributed by atoms with Gasteiger partial charge in [0.2, 0.25) is 0 Å². The SMILES string of the molecule is CN(C)C1(c2ccccc2)CC(CNC(N)=O)C1. The summed E-state index contributed by atoms with van der Waals surface area (Å²) in [6.45, 7) is 0.678. The molecule has 0 aliphatic heterocycles. The van der Waals surface area contributed by atoms with Gasteiger partial charge in [0.25, 0.3) is 0 Å². The van der Waals surface area contributed by atoms with E-state index in [0.29, 0.717) is 12.5 Å². The minimum Gasteiger partial charge on any atom is -0.352 e. The second kappa shape index (κ2) is 4.98. The molecule has 1 aliphatic rings. The molecule has 1 saturated carbocycles. The molecule has 1 aromatic rings. The van der Waals surface area contributed by atoms with Crippen LogP contribution in [0.15, 0.2) is 30.3 Å². The number of nitrogens with two attached hydrogens (primary N) is 1. The average molecular weight is 247 g/mol. The molecule has 0 spiro atoms. The van der Waals surface area contributed by atoms with Crippen molar-refractivity contribution in [3.05, 3.63) is 35.9 Å². The molecule has 1 aliphatic carbocycles. The van der Waals surface area contributed by atoms with Gasteiger partial charge in [-0.3, -0.25) is 4.90 Å². The summed E-state index contributed by atoms with van der Waals surface area (Å²) in [6.07, 6.45) is 2.12. The van der Waals surface area contributed by atoms with Crippen LogP contribution in [0.2, 0.25) is 0 Å². The average Bonchev–Trinajstić information content (AvgIpc) is 2.28. The number of hydrogen-bond donors (Lipinski definition) is 2. The molecule has 0 bridgehead atoms. The van der Waals surface area contributed by atoms with Crippen molar-refractivity contribution < 1.29 is 4.79 Å². The van der Waals surface area contributed by atoms with Gasteiger partial charge >= 0.3 is 6.03 Å². The molecular formula is C14H21N3O. The third-order valence-electron chi connectivity index (χ3n) is 3.98. The van der Waals surface area contributed by atoms with Gasteiger partial charge in [-0.1, -0.05) is 30.3 Å². The number of benzene rings is 1. The summed E-state index contributed by atoms with van der Waals surface area (Å²) in [5, 5.41) is 2.70. The molecule has 0 atom stereocenters. The van der Waals surface area contributed by atoms with Gasteiger partial charge in [0.15, 0.2) is 0 Å². The maximum Gasteiger partial charge on any atom is 0.312 e. The Balaban J connectivity index is 2.03. The maximum absolute atomic E-state index is 10.7. The van der Waals surface area contributed by atoms with E-state index in [2.05, 4.69) is 48.6 Å². The van der Waals surface area contributed by atoms with Crippen LogP contribution in [0.1, 0.15) is 18.4 Å². The number of primary amides is 1. The first kappa shape index (κ1) is 12.9. The van der Waals surface area contributed by atoms with Crippen molar-refractivity contribution in [2.24, 2.45) is 11.7 Å². The minimum atomic E-state index is -0.433. The van der Waals surface area contributed by atoms with Crippen molar-refractivity contribution in [2.75, 3.05) is 20.6 Å². The number of amides is 2. The van der Waals surface area contributed by atoms with Crippen LogP contribution in [-0.4, -0.2) is 31.6 Å². The van der Waals surface area contributed by atoms with E-state index in [9.17, 15) is 4.79 Å². The van der Waals surface area contributed by atoms with Crippen molar-refractivity contribution >= 4 is 6.03 Å². The van der Waals surface area contributed by atoms with Crippen LogP contribution >= 0.6 is 0 Å². The zero-order valence-corrected chi connectivity index (χ0v) is 11.0. The van der Waals surface area contributed by atoms with E-state index in [4.69, 9.17) is 5.73 Å². The summed E-state index contributed by atoms with van der Waals surface area (Å²) in [6, 6.07) is 10.1. The number of nitrogens with one attached hydrogen (secondary N) is 1. The highest BCUT2D eigenvalue weighted by Crippen LogP contribution is 2.48. The Kier molecular flexibility index (Phi) is 3.57. The molecule has 0 aromatic heterocycles. The van der Waals surface area contributed by atoms with Gasteiger partial charge in [0, 0.05) is 12.1 Å². The molecule has 0 radical (unpaired) electrons. The van der Waals surface area contributed by atoms with E-state index >= 15 is 0 Å². The quantitative estimate of drug-likeness (QED) is 0.847. The fourth-order valence-electron chi connectivity index (χ4n) is 2.89. The fraction of sp³-hybridized carbons (Fsp3) is 0.500. The molecule has 18 heavy (non-hydrogen) atoms. The predicted octanol–water partition coefficient (Wildman–Crippen LogP) is 1.52. The van der Waals surface area contributed by atoms with Crippen molar-refractivity contribution in [3.63, 3.8) is 0 Å². The summed E-state index contributed by atoms with van der Waals surface area (Å²) in [7, 11) is 4.23. The number of hydrogen-bond acceptors (Lipinski definition) is 2. The van der Waals surface area contributed by atoms with E-state index in [0.717, 1.165) is 12.8 Å². The molecule has 0 saturated heterocycles. The summed E-state index contributed by atoms with van der Waals surface area (Å²) in [5.74, 6) is 0.514. The van der Waals surface area contributed by atoms with Gasteiger partial charge in [-0.25, -0.2) is 4.79 Å². The minimum absolute atomic E-state index is 0.116. The Morgan fingerprint density at radius 2 is 2.00 bits per heavy atom. The van der Waals surface area contributed by atoms with Crippen LogP contribution in [0, 0.1) is 5.92 Å². The third-order valence-corrected chi connectivity index (χ3v) is 3.98. The van der Waals surface area contributed by atoms with Crippen molar-refractivity contribution in [2.45, 2.75) is 18.4 Å². The first-order valence-electron chi connectivity index (χ1n) is 6.31. The van der Waals surface area contributed by atoms with Crippen LogP contribution in [0.5, 0.6) is 0 Å². The number of rotatable bonds is 4. The Morgan fingerprint density at radius 3 is 2.50 bits per heavy atom. The lowest BCUT2D eigenvalue weighted by Crippen LogP contribution is -2.54. The van der Waals surface area contributed by atoms with Gasteiger partial charge in [-0.15, -0.1) is 0 Å². The van der Waals surface area contributed by atoms with E-state index in [1.54, 1.807) is 0 Å². The lowest BCUT2D eigenvalue weighted by atomic mass is 9.64. The van der Waals surface area contributed by atoms with Crippen LogP contribution in [0.3, 0.4) is 0 Å². The third kappa shape index (κ3) is 2.34. The fourth-order valence-corrected chi connectivity index (χ4v) is 2.89. The summed E-state index contributed by atoms with van der Waals surface area (Å²) < 4.78 is 0. The first-order valence-corrected chi connectivity index (χ1v) is 6.31. The molecule has 0 unspecified atom stereocenters. The molecule has 4 nitrogen and oxygen atoms in total. The summed E-state index contributed by atoms with van der Waals surface area (Å²) >= 11 is 0. The monoisotopic (exact) mass is 247 g/mol. The highest BCUT2D eigenvalue weighted by molar-refractivity contribution is 5.71. The lowest BCUT2D eigenvalue weighted by Gasteiger charge is -2.52. The second-order valence-electron chi connectivity index (χ2n) is 5.31. The lowest BCUT2D eigenvalue weighted by molar-refractivity contribution is 0.00527. The molecule has 0 heterocycles. The number of carbonyl (C=O) groups excluding carboxylic acids is 1. The Morgan fingerprint density at radius 1 is 1.39 bits per heavy atom. The zero-order valence-electron chi connectivity index (χ0n) is 11.0. The first-order chi connectivity index (χ1) is 8.54. The van der Waals surface area contributed by atoms with E-state index in [1.165, 1.54) is 5.56 Å². The number of nitrogens with zero attached hydrogens (tertiary/aromatic N) is 1. The van der Waals surface area contributed by atoms with Gasteiger partial charge in [0.1, 0.15) is 0 Å². The van der Waals surface area contributed by atoms with Crippen LogP contribution in [0.4, 0.5) is 4.79 Å². The van der Waals surface area contributed by atoms with Gasteiger partial charge in [0.05, 0.1) is 0 Å². The van der Waals surface area contributed by atoms with Crippen molar-refractivity contribution in [1.29, 1.82) is 0 Å². The Bertz CT molecular complexity index is 410. The van der Waals surface area contributed by atoms with E-state index < -0.39 is 6.03 Å². The van der Waals surface area contributed by atoms with E-state index in [-0.39, 0.29) is 5.54 Å². The predicted molar refractivity (Wildman–Crippen MR) is 72.1 cm³/mol. The van der Waals surface area contributed by atoms with Crippen LogP contribution in [0.25, 0.3) is 0 Å². The van der Waals surface area contributed by atoms with Gasteiger partial charge in [-0.05, 0) is 38.4 Å². The molecule has 4 heteroatoms. The van der Waals surface area contributed by atoms with E-state index in [1.807, 2.05) is 6.07 Å². The molecule has 2 rings (SSSR count). The van der Waals surface area contributed by atoms with Crippen LogP contribution in [-0.2, 0) is 5.54 Å². The number of urea groups is 1. The maximum atomic E-state index is 10.7. The summed E-state index contributed by atoms with van der Waals surface area (Å²) in [4.78, 5) is 13.0. The standard InChI is InChI=1S/C14H21N3O/c1-17(2)14(12-6-4-3-5-7-12)8-11(9-14)10-16-13(15)18/h3-7,11H,8-10H2,1-2H3,(H3,15,16,18). The molecule has 3 N–H and O–H groups in total. The van der Waals surface area contributed by atoms with Crippen molar-refractivity contribution in [3.8, 4) is 0 Å². The summed E-state index contributed by atoms with van der Waals surface area (Å²) in [5.41, 5.74) is 6.57. The zero-order chi connectivity index (χ0) is 13.2. The highest BCUT2D eigenvalue weighted by Gasteiger charge is 2.46. The highest BCUT2D eigenvalue weighted by atomic mass is 16.2. The second-order valence-corrected chi connectivity index (χ2v) is 5.31. The Hall–Kier alpha value is -1.55. The van der Waals surface area contributed by atoms with Crippen LogP contribution < -0.4 is 11.1 Å². The molecule has 1 fully saturated rings. The molecule has 2 amide bonds. The van der Waals surface area contributed by atoms with Crippen molar-refractivity contribution in [1.82, 2.24) is 10.2 Å². The Labute approximate surface area is 108 Å². The topological polar surface area (TPSA) is 58.4 Å². The molecule has 1 aromatic carbocycles. The largest absolute Gasteiger partial charge is 0.352 e.